The van der Waals surface area contributed by atoms with E-state index >= 15 is 0 Å². The first kappa shape index (κ1) is 21.9. The van der Waals surface area contributed by atoms with Crippen LogP contribution in [0.5, 0.6) is 11.5 Å². The van der Waals surface area contributed by atoms with Gasteiger partial charge < -0.3 is 19.9 Å². The molecule has 2 N–H and O–H groups in total. The normalized spacial score (nSPS) is 16.0. The number of nitrogens with one attached hydrogen (secondary N) is 1. The summed E-state index contributed by atoms with van der Waals surface area (Å²) in [5.74, 6) is -0.649. The minimum Gasteiger partial charge on any atom is -0.490 e. The summed E-state index contributed by atoms with van der Waals surface area (Å²) in [5.41, 5.74) is 2.59. The topological polar surface area (TPSA) is 97.2 Å². The third-order valence-corrected chi connectivity index (χ3v) is 5.38. The number of aliphatic imine (C=N–C) groups is 1. The average Bonchev–Trinajstić information content (AvgIpc) is 3.02. The Morgan fingerprint density at radius 1 is 1.27 bits per heavy atom. The number of carbonyl (C=O) groups is 2. The number of aliphatic carboxylic acids is 1. The van der Waals surface area contributed by atoms with Crippen molar-refractivity contribution in [3.63, 3.8) is 0 Å². The van der Waals surface area contributed by atoms with E-state index in [1.807, 2.05) is 38.1 Å². The summed E-state index contributed by atoms with van der Waals surface area (Å²) in [6.45, 7) is 3.69. The Hall–Kier alpha value is -2.78. The minimum absolute atomic E-state index is 0.244. The van der Waals surface area contributed by atoms with Crippen molar-refractivity contribution in [2.75, 3.05) is 13.2 Å². The predicted molar refractivity (Wildman–Crippen MR) is 120 cm³/mol. The Morgan fingerprint density at radius 3 is 2.67 bits per heavy atom. The second kappa shape index (κ2) is 9.82. The third-order valence-electron chi connectivity index (χ3n) is 3.88. The number of amidine groups is 1. The molecule has 1 fully saturated rings. The average molecular weight is 491 g/mol. The highest BCUT2D eigenvalue weighted by atomic mass is 79.9. The molecule has 1 aliphatic heterocycles. The molecule has 7 nitrogen and oxygen atoms in total. The van der Waals surface area contributed by atoms with Crippen molar-refractivity contribution >= 4 is 56.5 Å². The third kappa shape index (κ3) is 5.64. The summed E-state index contributed by atoms with van der Waals surface area (Å²) < 4.78 is 11.4. The molecule has 30 heavy (non-hydrogen) atoms. The van der Waals surface area contributed by atoms with E-state index in [0.717, 1.165) is 11.3 Å². The van der Waals surface area contributed by atoms with Gasteiger partial charge >= 0.3 is 5.97 Å². The first-order chi connectivity index (χ1) is 14.4. The van der Waals surface area contributed by atoms with Crippen LogP contribution < -0.4 is 14.8 Å². The number of hydrogen-bond donors (Lipinski definition) is 2. The highest BCUT2D eigenvalue weighted by Crippen LogP contribution is 2.38. The van der Waals surface area contributed by atoms with Crippen molar-refractivity contribution in [3.8, 4) is 11.5 Å². The van der Waals surface area contributed by atoms with Gasteiger partial charge in [0.25, 0.3) is 5.91 Å². The van der Waals surface area contributed by atoms with Gasteiger partial charge in [-0.1, -0.05) is 17.7 Å². The van der Waals surface area contributed by atoms with E-state index in [0.29, 0.717) is 38.2 Å². The largest absolute Gasteiger partial charge is 0.490 e. The number of rotatable bonds is 7. The zero-order chi connectivity index (χ0) is 21.7. The Balaban J connectivity index is 1.85. The van der Waals surface area contributed by atoms with E-state index in [-0.39, 0.29) is 5.91 Å². The van der Waals surface area contributed by atoms with Gasteiger partial charge in [-0.3, -0.25) is 4.79 Å². The van der Waals surface area contributed by atoms with E-state index < -0.39 is 12.6 Å². The predicted octanol–water partition coefficient (Wildman–Crippen LogP) is 4.51. The number of nitrogens with zero attached hydrogens (tertiary/aromatic N) is 1. The van der Waals surface area contributed by atoms with Crippen molar-refractivity contribution < 1.29 is 24.2 Å². The molecule has 3 rings (SSSR count). The van der Waals surface area contributed by atoms with Crippen LogP contribution in [-0.2, 0) is 9.59 Å². The van der Waals surface area contributed by atoms with Crippen molar-refractivity contribution in [2.24, 2.45) is 4.99 Å². The Bertz CT molecular complexity index is 1030. The molecule has 0 bridgehead atoms. The second-order valence-electron chi connectivity index (χ2n) is 6.26. The molecule has 0 atom stereocenters. The van der Waals surface area contributed by atoms with Crippen LogP contribution in [0.2, 0.25) is 0 Å². The molecule has 1 aliphatic rings. The lowest BCUT2D eigenvalue weighted by atomic mass is 10.2. The van der Waals surface area contributed by atoms with Crippen molar-refractivity contribution in [2.45, 2.75) is 13.8 Å². The summed E-state index contributed by atoms with van der Waals surface area (Å²) in [6.07, 6.45) is 1.71. The molecule has 0 aromatic heterocycles. The van der Waals surface area contributed by atoms with E-state index in [4.69, 9.17) is 14.6 Å². The number of hydrogen-bond acceptors (Lipinski definition) is 6. The molecule has 0 spiro atoms. The van der Waals surface area contributed by atoms with Crippen molar-refractivity contribution in [1.29, 1.82) is 0 Å². The Kier molecular flexibility index (Phi) is 7.17. The van der Waals surface area contributed by atoms with Crippen LogP contribution >= 0.6 is 27.7 Å². The minimum atomic E-state index is -1.09. The molecular weight excluding hydrogens is 472 g/mol. The van der Waals surface area contributed by atoms with Gasteiger partial charge in [-0.25, -0.2) is 9.79 Å². The maximum absolute atomic E-state index is 12.4. The van der Waals surface area contributed by atoms with E-state index in [1.165, 1.54) is 11.8 Å². The molecular formula is C21H19BrN2O5S. The van der Waals surface area contributed by atoms with Crippen molar-refractivity contribution in [3.05, 3.63) is 56.9 Å². The van der Waals surface area contributed by atoms with Crippen LogP contribution in [-0.4, -0.2) is 35.4 Å². The van der Waals surface area contributed by atoms with Crippen LogP contribution in [0.15, 0.2) is 50.8 Å². The molecule has 0 radical (unpaired) electrons. The number of thioether (sulfide) groups is 1. The second-order valence-corrected chi connectivity index (χ2v) is 8.15. The molecule has 0 aliphatic carbocycles. The molecule has 1 saturated heterocycles. The van der Waals surface area contributed by atoms with Gasteiger partial charge in [0, 0.05) is 0 Å². The number of carboxylic acid groups (broad SMARTS) is 1. The molecule has 1 amide bonds. The van der Waals surface area contributed by atoms with E-state index in [2.05, 4.69) is 26.2 Å². The number of halogens is 1. The number of carboxylic acids is 1. The van der Waals surface area contributed by atoms with Crippen molar-refractivity contribution in [1.82, 2.24) is 5.32 Å². The fourth-order valence-corrected chi connectivity index (χ4v) is 3.99. The number of aryl methyl sites for hydroxylation is 1. The van der Waals surface area contributed by atoms with E-state index in [9.17, 15) is 9.59 Å². The lowest BCUT2D eigenvalue weighted by Gasteiger charge is -2.13. The van der Waals surface area contributed by atoms with Gasteiger partial charge in [0.05, 0.1) is 21.7 Å². The quantitative estimate of drug-likeness (QED) is 0.554. The molecule has 2 aromatic rings. The standard InChI is InChI=1S/C21H19BrN2O5S/c1-3-28-16-9-13(8-15(22)19(16)29-11-18(25)26)10-17-20(27)24-21(30-17)23-14-6-4-12(2)5-7-14/h4-10H,3,11H2,1-2H3,(H,25,26)(H,23,24,27)/b17-10-. The Labute approximate surface area is 186 Å². The first-order valence-corrected chi connectivity index (χ1v) is 10.6. The number of carbonyl (C=O) groups excluding carboxylic acids is 1. The highest BCUT2D eigenvalue weighted by Gasteiger charge is 2.24. The zero-order valence-electron chi connectivity index (χ0n) is 16.3. The molecule has 9 heteroatoms. The van der Waals surface area contributed by atoms with Gasteiger partial charge in [0.1, 0.15) is 0 Å². The number of benzene rings is 2. The summed E-state index contributed by atoms with van der Waals surface area (Å²) >= 11 is 4.63. The molecule has 156 valence electrons. The van der Waals surface area contributed by atoms with Gasteiger partial charge in [-0.2, -0.15) is 0 Å². The number of ether oxygens (including phenoxy) is 2. The monoisotopic (exact) mass is 490 g/mol. The SMILES string of the molecule is CCOc1cc(/C=C2\SC(=Nc3ccc(C)cc3)NC2=O)cc(Br)c1OCC(=O)O. The van der Waals surface area contributed by atoms with Gasteiger partial charge in [0.2, 0.25) is 0 Å². The zero-order valence-corrected chi connectivity index (χ0v) is 18.7. The van der Waals surface area contributed by atoms with Gasteiger partial charge in [0.15, 0.2) is 23.3 Å². The highest BCUT2D eigenvalue weighted by molar-refractivity contribution is 9.10. The maximum Gasteiger partial charge on any atom is 0.341 e. The van der Waals surface area contributed by atoms with Crippen LogP contribution in [0.4, 0.5) is 5.69 Å². The molecule has 1 heterocycles. The fourth-order valence-electron chi connectivity index (χ4n) is 2.58. The summed E-state index contributed by atoms with van der Waals surface area (Å²) in [4.78, 5) is 28.1. The van der Waals surface area contributed by atoms with Crippen LogP contribution in [0.3, 0.4) is 0 Å². The Morgan fingerprint density at radius 2 is 2.00 bits per heavy atom. The molecule has 0 saturated carbocycles. The lowest BCUT2D eigenvalue weighted by Crippen LogP contribution is -2.19. The van der Waals surface area contributed by atoms with Crippen LogP contribution in [0.1, 0.15) is 18.1 Å². The lowest BCUT2D eigenvalue weighted by molar-refractivity contribution is -0.139. The van der Waals surface area contributed by atoms with Crippen LogP contribution in [0.25, 0.3) is 6.08 Å². The summed E-state index contributed by atoms with van der Waals surface area (Å²) in [6, 6.07) is 11.1. The van der Waals surface area contributed by atoms with Crippen LogP contribution in [0, 0.1) is 6.92 Å². The fraction of sp³-hybridized carbons (Fsp3) is 0.190. The molecule has 2 aromatic carbocycles. The smallest absolute Gasteiger partial charge is 0.341 e. The van der Waals surface area contributed by atoms with Gasteiger partial charge in [-0.05, 0) is 77.4 Å². The summed E-state index contributed by atoms with van der Waals surface area (Å²) in [7, 11) is 0. The maximum atomic E-state index is 12.4. The number of amides is 1. The summed E-state index contributed by atoms with van der Waals surface area (Å²) in [5, 5.41) is 12.1. The molecule has 0 unspecified atom stereocenters. The first-order valence-electron chi connectivity index (χ1n) is 9.03. The van der Waals surface area contributed by atoms with E-state index in [1.54, 1.807) is 18.2 Å². The van der Waals surface area contributed by atoms with Gasteiger partial charge in [-0.15, -0.1) is 0 Å².